The molecule has 0 bridgehead atoms. The van der Waals surface area contributed by atoms with Crippen molar-refractivity contribution in [3.8, 4) is 11.5 Å². The number of hydrogen-bond donors (Lipinski definition) is 2. The first-order chi connectivity index (χ1) is 9.95. The summed E-state index contributed by atoms with van der Waals surface area (Å²) in [4.78, 5) is 12.0. The first kappa shape index (κ1) is 15.1. The molecule has 0 atom stereocenters. The van der Waals surface area contributed by atoms with Crippen molar-refractivity contribution in [3.63, 3.8) is 0 Å². The smallest absolute Gasteiger partial charge is 0.387 e. The van der Waals surface area contributed by atoms with Crippen molar-refractivity contribution in [2.75, 3.05) is 5.32 Å². The molecule has 2 aromatic rings. The zero-order valence-electron chi connectivity index (χ0n) is 10.5. The van der Waals surface area contributed by atoms with E-state index in [9.17, 15) is 18.7 Å². The summed E-state index contributed by atoms with van der Waals surface area (Å²) in [6.07, 6.45) is 0. The van der Waals surface area contributed by atoms with Crippen LogP contribution < -0.4 is 10.1 Å². The number of phenols is 1. The summed E-state index contributed by atoms with van der Waals surface area (Å²) in [5, 5.41) is 12.4. The van der Waals surface area contributed by atoms with E-state index in [1.807, 2.05) is 0 Å². The molecule has 4 nitrogen and oxygen atoms in total. The lowest BCUT2D eigenvalue weighted by molar-refractivity contribution is -0.0497. The molecule has 7 heteroatoms. The van der Waals surface area contributed by atoms with Gasteiger partial charge in [-0.3, -0.25) is 4.79 Å². The highest BCUT2D eigenvalue weighted by Gasteiger charge is 2.13. The maximum atomic E-state index is 12.1. The number of anilines is 1. The summed E-state index contributed by atoms with van der Waals surface area (Å²) in [6.45, 7) is -2.95. The Kier molecular flexibility index (Phi) is 4.59. The fourth-order valence-electron chi connectivity index (χ4n) is 1.64. The lowest BCUT2D eigenvalue weighted by Crippen LogP contribution is -2.12. The molecule has 110 valence electrons. The zero-order valence-corrected chi connectivity index (χ0v) is 11.3. The van der Waals surface area contributed by atoms with E-state index in [2.05, 4.69) is 10.1 Å². The van der Waals surface area contributed by atoms with Gasteiger partial charge < -0.3 is 15.2 Å². The van der Waals surface area contributed by atoms with Gasteiger partial charge in [-0.05, 0) is 30.3 Å². The molecular formula is C14H10ClF2NO3. The van der Waals surface area contributed by atoms with Crippen LogP contribution in [-0.2, 0) is 0 Å². The van der Waals surface area contributed by atoms with E-state index >= 15 is 0 Å². The number of phenolic OH excluding ortho intramolecular Hbond substituents is 1. The van der Waals surface area contributed by atoms with Gasteiger partial charge in [0.15, 0.2) is 0 Å². The van der Waals surface area contributed by atoms with Crippen molar-refractivity contribution < 1.29 is 23.4 Å². The number of aromatic hydroxyl groups is 1. The average Bonchev–Trinajstić information content (AvgIpc) is 2.41. The minimum atomic E-state index is -2.95. The summed E-state index contributed by atoms with van der Waals surface area (Å²) < 4.78 is 28.5. The quantitative estimate of drug-likeness (QED) is 0.900. The second-order valence-electron chi connectivity index (χ2n) is 4.02. The molecule has 0 aliphatic carbocycles. The van der Waals surface area contributed by atoms with Gasteiger partial charge in [0, 0.05) is 16.8 Å². The summed E-state index contributed by atoms with van der Waals surface area (Å²) in [5.41, 5.74) is 0.222. The Labute approximate surface area is 123 Å². The van der Waals surface area contributed by atoms with Crippen LogP contribution in [0.4, 0.5) is 14.5 Å². The predicted octanol–water partition coefficient (Wildman–Crippen LogP) is 3.90. The van der Waals surface area contributed by atoms with Crippen molar-refractivity contribution >= 4 is 23.2 Å². The van der Waals surface area contributed by atoms with Crippen LogP contribution >= 0.6 is 11.6 Å². The van der Waals surface area contributed by atoms with Gasteiger partial charge in [-0.25, -0.2) is 0 Å². The number of ether oxygens (including phenoxy) is 1. The Morgan fingerprint density at radius 1 is 1.24 bits per heavy atom. The van der Waals surface area contributed by atoms with E-state index in [1.165, 1.54) is 42.5 Å². The van der Waals surface area contributed by atoms with Crippen molar-refractivity contribution in [1.29, 1.82) is 0 Å². The molecule has 0 saturated carbocycles. The van der Waals surface area contributed by atoms with Gasteiger partial charge >= 0.3 is 6.61 Å². The topological polar surface area (TPSA) is 58.6 Å². The van der Waals surface area contributed by atoms with Crippen LogP contribution in [-0.4, -0.2) is 17.6 Å². The lowest BCUT2D eigenvalue weighted by Gasteiger charge is -2.09. The van der Waals surface area contributed by atoms with Gasteiger partial charge in [0.25, 0.3) is 5.91 Å². The van der Waals surface area contributed by atoms with Crippen LogP contribution in [0.2, 0.25) is 5.02 Å². The SMILES string of the molecule is O=C(Nc1cccc(OC(F)F)c1)c1cc(Cl)ccc1O. The molecule has 0 aliphatic heterocycles. The van der Waals surface area contributed by atoms with E-state index in [1.54, 1.807) is 0 Å². The molecule has 0 radical (unpaired) electrons. The minimum Gasteiger partial charge on any atom is -0.507 e. The first-order valence-electron chi connectivity index (χ1n) is 5.80. The molecule has 0 spiro atoms. The molecule has 0 fully saturated rings. The van der Waals surface area contributed by atoms with Crippen molar-refractivity contribution in [1.82, 2.24) is 0 Å². The minimum absolute atomic E-state index is 0.0253. The standard InChI is InChI=1S/C14H10ClF2NO3/c15-8-4-5-12(19)11(6-8)13(20)18-9-2-1-3-10(7-9)21-14(16)17/h1-7,14,19H,(H,18,20). The van der Waals surface area contributed by atoms with E-state index in [0.29, 0.717) is 0 Å². The van der Waals surface area contributed by atoms with Crippen LogP contribution in [0.3, 0.4) is 0 Å². The highest BCUT2D eigenvalue weighted by molar-refractivity contribution is 6.31. The van der Waals surface area contributed by atoms with Crippen molar-refractivity contribution in [3.05, 3.63) is 53.1 Å². The summed E-state index contributed by atoms with van der Waals surface area (Å²) in [5.74, 6) is -0.945. The highest BCUT2D eigenvalue weighted by atomic mass is 35.5. The number of amides is 1. The number of benzene rings is 2. The van der Waals surface area contributed by atoms with Crippen molar-refractivity contribution in [2.24, 2.45) is 0 Å². The molecule has 0 heterocycles. The molecular weight excluding hydrogens is 304 g/mol. The molecule has 0 saturated heterocycles. The average molecular weight is 314 g/mol. The number of carbonyl (C=O) groups excluding carboxylic acids is 1. The third-order valence-electron chi connectivity index (χ3n) is 2.52. The summed E-state index contributed by atoms with van der Waals surface area (Å²) >= 11 is 5.75. The van der Waals surface area contributed by atoms with E-state index in [-0.39, 0.29) is 27.8 Å². The predicted molar refractivity (Wildman–Crippen MR) is 74.1 cm³/mol. The summed E-state index contributed by atoms with van der Waals surface area (Å²) in [7, 11) is 0. The Hall–Kier alpha value is -2.34. The number of carbonyl (C=O) groups is 1. The Morgan fingerprint density at radius 2 is 2.00 bits per heavy atom. The molecule has 2 rings (SSSR count). The van der Waals surface area contributed by atoms with Crippen LogP contribution in [0.15, 0.2) is 42.5 Å². The fraction of sp³-hybridized carbons (Fsp3) is 0.0714. The largest absolute Gasteiger partial charge is 0.507 e. The molecule has 0 aromatic heterocycles. The highest BCUT2D eigenvalue weighted by Crippen LogP contribution is 2.24. The zero-order chi connectivity index (χ0) is 15.4. The third-order valence-corrected chi connectivity index (χ3v) is 2.76. The Bertz CT molecular complexity index is 664. The van der Waals surface area contributed by atoms with Crippen molar-refractivity contribution in [2.45, 2.75) is 6.61 Å². The molecule has 2 aromatic carbocycles. The number of halogens is 3. The van der Waals surface area contributed by atoms with E-state index in [0.717, 1.165) is 0 Å². The van der Waals surface area contributed by atoms with Gasteiger partial charge in [-0.1, -0.05) is 17.7 Å². The summed E-state index contributed by atoms with van der Waals surface area (Å²) in [6, 6.07) is 9.54. The number of rotatable bonds is 4. The van der Waals surface area contributed by atoms with Crippen LogP contribution in [0.25, 0.3) is 0 Å². The lowest BCUT2D eigenvalue weighted by atomic mass is 10.2. The second-order valence-corrected chi connectivity index (χ2v) is 4.46. The van der Waals surface area contributed by atoms with Gasteiger partial charge in [-0.15, -0.1) is 0 Å². The monoisotopic (exact) mass is 313 g/mol. The van der Waals surface area contributed by atoms with Crippen LogP contribution in [0, 0.1) is 0 Å². The second kappa shape index (κ2) is 6.41. The normalized spacial score (nSPS) is 10.5. The number of alkyl halides is 2. The van der Waals surface area contributed by atoms with Gasteiger partial charge in [-0.2, -0.15) is 8.78 Å². The van der Waals surface area contributed by atoms with Gasteiger partial charge in [0.1, 0.15) is 11.5 Å². The third kappa shape index (κ3) is 4.06. The molecule has 0 aliphatic rings. The molecule has 2 N–H and O–H groups in total. The van der Waals surface area contributed by atoms with Gasteiger partial charge in [0.2, 0.25) is 0 Å². The van der Waals surface area contributed by atoms with E-state index in [4.69, 9.17) is 11.6 Å². The van der Waals surface area contributed by atoms with Crippen LogP contribution in [0.1, 0.15) is 10.4 Å². The van der Waals surface area contributed by atoms with Crippen LogP contribution in [0.5, 0.6) is 11.5 Å². The molecule has 1 amide bonds. The maximum absolute atomic E-state index is 12.1. The number of nitrogens with one attached hydrogen (secondary N) is 1. The number of hydrogen-bond acceptors (Lipinski definition) is 3. The first-order valence-corrected chi connectivity index (χ1v) is 6.18. The molecule has 0 unspecified atom stereocenters. The Balaban J connectivity index is 2.17. The fourth-order valence-corrected chi connectivity index (χ4v) is 1.81. The molecule has 21 heavy (non-hydrogen) atoms. The van der Waals surface area contributed by atoms with Gasteiger partial charge in [0.05, 0.1) is 5.56 Å². The maximum Gasteiger partial charge on any atom is 0.387 e. The Morgan fingerprint density at radius 3 is 2.71 bits per heavy atom. The van der Waals surface area contributed by atoms with E-state index < -0.39 is 12.5 Å².